The molecule has 1 aliphatic rings. The summed E-state index contributed by atoms with van der Waals surface area (Å²) >= 11 is 0. The zero-order valence-electron chi connectivity index (χ0n) is 14.8. The predicted octanol–water partition coefficient (Wildman–Crippen LogP) is 2.88. The smallest absolute Gasteiger partial charge is 0.220 e. The lowest BCUT2D eigenvalue weighted by Gasteiger charge is -2.34. The van der Waals surface area contributed by atoms with Crippen LogP contribution in [0.2, 0.25) is 0 Å². The SMILES string of the molecule is Cc1[nH]nc(CCC(=O)NC2CCN(c3ccc(F)cc3)CC2)c1C. The number of benzene rings is 1. The maximum Gasteiger partial charge on any atom is 0.220 e. The summed E-state index contributed by atoms with van der Waals surface area (Å²) in [6, 6.07) is 6.81. The molecule has 2 heterocycles. The second kappa shape index (κ2) is 7.68. The average Bonchev–Trinajstić information content (AvgIpc) is 2.93. The van der Waals surface area contributed by atoms with Crippen molar-refractivity contribution in [2.45, 2.75) is 45.6 Å². The van der Waals surface area contributed by atoms with E-state index in [9.17, 15) is 9.18 Å². The van der Waals surface area contributed by atoms with E-state index < -0.39 is 0 Å². The molecule has 5 nitrogen and oxygen atoms in total. The van der Waals surface area contributed by atoms with Crippen molar-refractivity contribution in [1.82, 2.24) is 15.5 Å². The first kappa shape index (κ1) is 17.5. The maximum atomic E-state index is 13.0. The molecule has 2 N–H and O–H groups in total. The van der Waals surface area contributed by atoms with Crippen molar-refractivity contribution in [2.75, 3.05) is 18.0 Å². The van der Waals surface area contributed by atoms with E-state index in [1.807, 2.05) is 26.0 Å². The van der Waals surface area contributed by atoms with Crippen LogP contribution in [0, 0.1) is 19.7 Å². The second-order valence-corrected chi connectivity index (χ2v) is 6.73. The Kier molecular flexibility index (Phi) is 5.36. The number of rotatable bonds is 5. The number of aromatic nitrogens is 2. The summed E-state index contributed by atoms with van der Waals surface area (Å²) in [5.41, 5.74) is 4.21. The Morgan fingerprint density at radius 3 is 2.56 bits per heavy atom. The Hall–Kier alpha value is -2.37. The molecule has 1 saturated heterocycles. The highest BCUT2D eigenvalue weighted by molar-refractivity contribution is 5.76. The van der Waals surface area contributed by atoms with Crippen LogP contribution >= 0.6 is 0 Å². The van der Waals surface area contributed by atoms with Gasteiger partial charge in [-0.15, -0.1) is 0 Å². The zero-order chi connectivity index (χ0) is 17.8. The third kappa shape index (κ3) is 4.38. The van der Waals surface area contributed by atoms with E-state index >= 15 is 0 Å². The molecule has 25 heavy (non-hydrogen) atoms. The van der Waals surface area contributed by atoms with Crippen LogP contribution in [0.5, 0.6) is 0 Å². The minimum absolute atomic E-state index is 0.0836. The summed E-state index contributed by atoms with van der Waals surface area (Å²) in [5, 5.41) is 10.3. The fourth-order valence-electron chi connectivity index (χ4n) is 3.24. The van der Waals surface area contributed by atoms with Crippen molar-refractivity contribution < 1.29 is 9.18 Å². The molecule has 1 aliphatic heterocycles. The van der Waals surface area contributed by atoms with E-state index in [4.69, 9.17) is 0 Å². The van der Waals surface area contributed by atoms with Gasteiger partial charge < -0.3 is 10.2 Å². The maximum absolute atomic E-state index is 13.0. The number of halogens is 1. The van der Waals surface area contributed by atoms with Gasteiger partial charge in [-0.05, 0) is 56.5 Å². The standard InChI is InChI=1S/C19H25FN4O/c1-13-14(2)22-23-18(13)7-8-19(25)21-16-9-11-24(12-10-16)17-5-3-15(20)4-6-17/h3-6,16H,7-12H2,1-2H3,(H,21,25)(H,22,23). The monoisotopic (exact) mass is 344 g/mol. The highest BCUT2D eigenvalue weighted by atomic mass is 19.1. The largest absolute Gasteiger partial charge is 0.371 e. The van der Waals surface area contributed by atoms with E-state index in [0.717, 1.165) is 48.6 Å². The van der Waals surface area contributed by atoms with Crippen molar-refractivity contribution in [1.29, 1.82) is 0 Å². The molecule has 0 unspecified atom stereocenters. The molecule has 3 rings (SSSR count). The normalized spacial score (nSPS) is 15.4. The lowest BCUT2D eigenvalue weighted by Crippen LogP contribution is -2.44. The number of aryl methyl sites for hydroxylation is 2. The van der Waals surface area contributed by atoms with E-state index in [-0.39, 0.29) is 17.8 Å². The molecule has 6 heteroatoms. The minimum atomic E-state index is -0.215. The highest BCUT2D eigenvalue weighted by Crippen LogP contribution is 2.20. The number of aromatic amines is 1. The van der Waals surface area contributed by atoms with Gasteiger partial charge in [0.25, 0.3) is 0 Å². The first-order valence-electron chi connectivity index (χ1n) is 8.83. The van der Waals surface area contributed by atoms with Crippen molar-refractivity contribution in [3.63, 3.8) is 0 Å². The van der Waals surface area contributed by atoms with Crippen molar-refractivity contribution >= 4 is 11.6 Å². The molecule has 0 radical (unpaired) electrons. The third-order valence-electron chi connectivity index (χ3n) is 4.99. The van der Waals surface area contributed by atoms with Crippen molar-refractivity contribution in [3.8, 4) is 0 Å². The van der Waals surface area contributed by atoms with Crippen LogP contribution in [0.4, 0.5) is 10.1 Å². The number of amides is 1. The fourth-order valence-corrected chi connectivity index (χ4v) is 3.24. The average molecular weight is 344 g/mol. The van der Waals surface area contributed by atoms with Gasteiger partial charge in [-0.2, -0.15) is 5.10 Å². The summed E-state index contributed by atoms with van der Waals surface area (Å²) in [7, 11) is 0. The topological polar surface area (TPSA) is 61.0 Å². The van der Waals surface area contributed by atoms with Crippen LogP contribution < -0.4 is 10.2 Å². The zero-order valence-corrected chi connectivity index (χ0v) is 14.8. The van der Waals surface area contributed by atoms with E-state index in [0.29, 0.717) is 12.8 Å². The minimum Gasteiger partial charge on any atom is -0.371 e. The van der Waals surface area contributed by atoms with Crippen LogP contribution in [0.3, 0.4) is 0 Å². The lowest BCUT2D eigenvalue weighted by molar-refractivity contribution is -0.121. The first-order valence-corrected chi connectivity index (χ1v) is 8.83. The number of nitrogens with zero attached hydrogens (tertiary/aromatic N) is 2. The number of hydrogen-bond donors (Lipinski definition) is 2. The highest BCUT2D eigenvalue weighted by Gasteiger charge is 2.21. The third-order valence-corrected chi connectivity index (χ3v) is 4.99. The molecule has 1 amide bonds. The summed E-state index contributed by atoms with van der Waals surface area (Å²) < 4.78 is 13.0. The fraction of sp³-hybridized carbons (Fsp3) is 0.474. The van der Waals surface area contributed by atoms with Gasteiger partial charge in [0.15, 0.2) is 0 Å². The number of nitrogens with one attached hydrogen (secondary N) is 2. The Balaban J connectivity index is 1.43. The van der Waals surface area contributed by atoms with Crippen LogP contribution in [0.25, 0.3) is 0 Å². The molecular formula is C19H25FN4O. The molecule has 134 valence electrons. The van der Waals surface area contributed by atoms with E-state index in [1.54, 1.807) is 0 Å². The predicted molar refractivity (Wildman–Crippen MR) is 96.2 cm³/mol. The summed E-state index contributed by atoms with van der Waals surface area (Å²) in [5.74, 6) is -0.131. The molecule has 1 aromatic carbocycles. The van der Waals surface area contributed by atoms with Crippen molar-refractivity contribution in [3.05, 3.63) is 47.0 Å². The van der Waals surface area contributed by atoms with Gasteiger partial charge in [-0.25, -0.2) is 4.39 Å². The Morgan fingerprint density at radius 2 is 1.96 bits per heavy atom. The molecular weight excluding hydrogens is 319 g/mol. The Bertz CT molecular complexity index is 718. The van der Waals surface area contributed by atoms with E-state index in [1.165, 1.54) is 12.1 Å². The number of hydrogen-bond acceptors (Lipinski definition) is 3. The van der Waals surface area contributed by atoms with Gasteiger partial charge in [-0.3, -0.25) is 9.89 Å². The molecule has 2 aromatic rings. The van der Waals surface area contributed by atoms with Crippen LogP contribution in [-0.4, -0.2) is 35.2 Å². The van der Waals surface area contributed by atoms with E-state index in [2.05, 4.69) is 20.4 Å². The van der Waals surface area contributed by atoms with Crippen LogP contribution in [0.15, 0.2) is 24.3 Å². The number of anilines is 1. The number of carbonyl (C=O) groups is 1. The Labute approximate surface area is 147 Å². The molecule has 0 saturated carbocycles. The number of H-pyrrole nitrogens is 1. The molecule has 1 fully saturated rings. The number of piperidine rings is 1. The summed E-state index contributed by atoms with van der Waals surface area (Å²) in [6.45, 7) is 5.75. The van der Waals surface area contributed by atoms with Gasteiger partial charge in [0, 0.05) is 43.4 Å². The molecule has 0 bridgehead atoms. The molecule has 1 aromatic heterocycles. The number of carbonyl (C=O) groups excluding carboxylic acids is 1. The summed E-state index contributed by atoms with van der Waals surface area (Å²) in [6.07, 6.45) is 2.94. The van der Waals surface area contributed by atoms with Gasteiger partial charge in [0.05, 0.1) is 5.69 Å². The Morgan fingerprint density at radius 1 is 1.28 bits per heavy atom. The quantitative estimate of drug-likeness (QED) is 0.877. The second-order valence-electron chi connectivity index (χ2n) is 6.73. The van der Waals surface area contributed by atoms with Gasteiger partial charge in [0.2, 0.25) is 5.91 Å². The van der Waals surface area contributed by atoms with Crippen LogP contribution in [-0.2, 0) is 11.2 Å². The first-order chi connectivity index (χ1) is 12.0. The molecule has 0 aliphatic carbocycles. The lowest BCUT2D eigenvalue weighted by atomic mass is 10.0. The summed E-state index contributed by atoms with van der Waals surface area (Å²) in [4.78, 5) is 14.4. The van der Waals surface area contributed by atoms with Crippen molar-refractivity contribution in [2.24, 2.45) is 0 Å². The van der Waals surface area contributed by atoms with Crippen LogP contribution in [0.1, 0.15) is 36.2 Å². The van der Waals surface area contributed by atoms with Gasteiger partial charge in [-0.1, -0.05) is 0 Å². The molecule has 0 spiro atoms. The van der Waals surface area contributed by atoms with Gasteiger partial charge >= 0.3 is 0 Å². The van der Waals surface area contributed by atoms with Gasteiger partial charge in [0.1, 0.15) is 5.82 Å². The molecule has 0 atom stereocenters.